The number of amides is 1. The summed E-state index contributed by atoms with van der Waals surface area (Å²) in [5.41, 5.74) is 1.89. The Morgan fingerprint density at radius 1 is 0.969 bits per heavy atom. The smallest absolute Gasteiger partial charge is 0.260 e. The topological polar surface area (TPSA) is 81.4 Å². The lowest BCUT2D eigenvalue weighted by Gasteiger charge is -2.29. The van der Waals surface area contributed by atoms with Crippen LogP contribution in [0.2, 0.25) is 0 Å². The first-order valence-corrected chi connectivity index (χ1v) is 11.1. The molecule has 0 bridgehead atoms. The number of hydrogen-bond donors (Lipinski definition) is 0. The number of likely N-dealkylation sites (tertiary alicyclic amines) is 1. The molecule has 1 fully saturated rings. The number of rotatable bonds is 7. The number of benzene rings is 1. The van der Waals surface area contributed by atoms with Gasteiger partial charge in [0.25, 0.3) is 5.91 Å². The number of carbonyl (C=O) groups is 1. The Bertz CT molecular complexity index is 1010. The third-order valence-corrected chi connectivity index (χ3v) is 6.10. The van der Waals surface area contributed by atoms with Crippen molar-refractivity contribution in [1.82, 2.24) is 9.80 Å². The first-order valence-electron chi connectivity index (χ1n) is 11.1. The Balaban J connectivity index is 1.34. The van der Waals surface area contributed by atoms with Crippen molar-refractivity contribution in [2.45, 2.75) is 38.8 Å². The van der Waals surface area contributed by atoms with Crippen LogP contribution in [0, 0.1) is 0 Å². The van der Waals surface area contributed by atoms with Crippen LogP contribution in [-0.4, -0.2) is 56.2 Å². The van der Waals surface area contributed by atoms with Crippen LogP contribution >= 0.6 is 0 Å². The molecule has 2 aromatic rings. The van der Waals surface area contributed by atoms with Crippen LogP contribution in [0.15, 0.2) is 33.7 Å². The Kier molecular flexibility index (Phi) is 6.99. The van der Waals surface area contributed by atoms with Crippen LogP contribution in [0.3, 0.4) is 0 Å². The van der Waals surface area contributed by atoms with Crippen molar-refractivity contribution in [2.24, 2.45) is 0 Å². The molecule has 1 aromatic carbocycles. The van der Waals surface area contributed by atoms with E-state index in [1.165, 1.54) is 31.6 Å². The average molecular weight is 443 g/mol. The monoisotopic (exact) mass is 442 g/mol. The fourth-order valence-electron chi connectivity index (χ4n) is 4.29. The molecule has 4 rings (SSSR count). The Hall–Kier alpha value is -3.00. The number of nitrogens with zero attached hydrogens (tertiary/aromatic N) is 2. The van der Waals surface area contributed by atoms with E-state index in [9.17, 15) is 9.59 Å². The molecular formula is C24H30N2O6. The summed E-state index contributed by atoms with van der Waals surface area (Å²) < 4.78 is 21.8. The summed E-state index contributed by atoms with van der Waals surface area (Å²) in [6.07, 6.45) is 5.64. The molecule has 0 unspecified atom stereocenters. The predicted octanol–water partition coefficient (Wildman–Crippen LogP) is 2.61. The minimum atomic E-state index is -0.267. The molecule has 2 aliphatic rings. The molecule has 8 heteroatoms. The van der Waals surface area contributed by atoms with Gasteiger partial charge in [-0.15, -0.1) is 0 Å². The fourth-order valence-corrected chi connectivity index (χ4v) is 4.29. The summed E-state index contributed by atoms with van der Waals surface area (Å²) in [4.78, 5) is 29.1. The molecule has 172 valence electrons. The maximum absolute atomic E-state index is 12.7. The molecule has 0 N–H and O–H groups in total. The van der Waals surface area contributed by atoms with Crippen LogP contribution in [0.4, 0.5) is 0 Å². The van der Waals surface area contributed by atoms with E-state index in [-0.39, 0.29) is 23.7 Å². The highest BCUT2D eigenvalue weighted by Crippen LogP contribution is 2.33. The van der Waals surface area contributed by atoms with E-state index in [4.69, 9.17) is 18.6 Å². The van der Waals surface area contributed by atoms with Gasteiger partial charge >= 0.3 is 0 Å². The molecule has 32 heavy (non-hydrogen) atoms. The van der Waals surface area contributed by atoms with Gasteiger partial charge in [0.15, 0.2) is 18.1 Å². The number of hydrogen-bond acceptors (Lipinski definition) is 7. The minimum absolute atomic E-state index is 0.0598. The van der Waals surface area contributed by atoms with Crippen molar-refractivity contribution in [2.75, 3.05) is 40.5 Å². The molecule has 0 saturated carbocycles. The van der Waals surface area contributed by atoms with Gasteiger partial charge in [0.05, 0.1) is 20.8 Å². The van der Waals surface area contributed by atoms with Crippen molar-refractivity contribution >= 4 is 5.91 Å². The maximum Gasteiger partial charge on any atom is 0.260 e. The molecule has 0 spiro atoms. The van der Waals surface area contributed by atoms with E-state index in [0.29, 0.717) is 36.9 Å². The van der Waals surface area contributed by atoms with E-state index < -0.39 is 0 Å². The third-order valence-electron chi connectivity index (χ3n) is 6.10. The number of ether oxygens (including phenoxy) is 3. The van der Waals surface area contributed by atoms with Gasteiger partial charge in [-0.2, -0.15) is 0 Å². The van der Waals surface area contributed by atoms with Crippen molar-refractivity contribution in [3.8, 4) is 17.2 Å². The molecule has 2 aliphatic heterocycles. The molecule has 0 aliphatic carbocycles. The van der Waals surface area contributed by atoms with Gasteiger partial charge in [0, 0.05) is 19.2 Å². The van der Waals surface area contributed by atoms with Crippen molar-refractivity contribution in [3.05, 3.63) is 51.6 Å². The second-order valence-electron chi connectivity index (χ2n) is 8.24. The molecule has 1 amide bonds. The quantitative estimate of drug-likeness (QED) is 0.652. The largest absolute Gasteiger partial charge is 0.493 e. The summed E-state index contributed by atoms with van der Waals surface area (Å²) in [5, 5.41) is 0. The second kappa shape index (κ2) is 10.1. The van der Waals surface area contributed by atoms with Crippen LogP contribution in [0.1, 0.15) is 36.1 Å². The zero-order chi connectivity index (χ0) is 22.5. The average Bonchev–Trinajstić information content (AvgIpc) is 2.82. The van der Waals surface area contributed by atoms with E-state index in [1.807, 2.05) is 12.1 Å². The number of piperidine rings is 1. The molecule has 0 atom stereocenters. The fraction of sp³-hybridized carbons (Fsp3) is 0.500. The minimum Gasteiger partial charge on any atom is -0.493 e. The number of methoxy groups -OCH3 is 2. The Labute approximate surface area is 187 Å². The van der Waals surface area contributed by atoms with E-state index in [1.54, 1.807) is 19.1 Å². The van der Waals surface area contributed by atoms with Crippen molar-refractivity contribution < 1.29 is 23.4 Å². The summed E-state index contributed by atoms with van der Waals surface area (Å²) in [6, 6.07) is 5.33. The lowest BCUT2D eigenvalue weighted by atomic mass is 9.99. The molecule has 1 aromatic heterocycles. The van der Waals surface area contributed by atoms with Gasteiger partial charge in [0.1, 0.15) is 12.0 Å². The van der Waals surface area contributed by atoms with E-state index in [2.05, 4.69) is 4.90 Å². The van der Waals surface area contributed by atoms with Crippen LogP contribution in [-0.2, 0) is 24.3 Å². The molecule has 3 heterocycles. The van der Waals surface area contributed by atoms with Gasteiger partial charge in [-0.1, -0.05) is 6.42 Å². The van der Waals surface area contributed by atoms with Gasteiger partial charge in [-0.3, -0.25) is 14.5 Å². The summed E-state index contributed by atoms with van der Waals surface area (Å²) in [7, 11) is 3.20. The zero-order valence-corrected chi connectivity index (χ0v) is 18.7. The SMILES string of the molecule is COc1cc2c(cc1OC)CN(C(=O)COc1coc(CN3CCCCC3)cc1=O)CC2. The summed E-state index contributed by atoms with van der Waals surface area (Å²) >= 11 is 0. The van der Waals surface area contributed by atoms with Crippen molar-refractivity contribution in [3.63, 3.8) is 0 Å². The Morgan fingerprint density at radius 3 is 2.38 bits per heavy atom. The van der Waals surface area contributed by atoms with Crippen LogP contribution in [0.5, 0.6) is 17.2 Å². The highest BCUT2D eigenvalue weighted by atomic mass is 16.5. The third kappa shape index (κ3) is 5.07. The first kappa shape index (κ1) is 22.2. The molecule has 8 nitrogen and oxygen atoms in total. The molecule has 1 saturated heterocycles. The van der Waals surface area contributed by atoms with E-state index in [0.717, 1.165) is 30.6 Å². The zero-order valence-electron chi connectivity index (χ0n) is 18.7. The second-order valence-corrected chi connectivity index (χ2v) is 8.24. The highest BCUT2D eigenvalue weighted by Gasteiger charge is 2.23. The van der Waals surface area contributed by atoms with Gasteiger partial charge in [0.2, 0.25) is 11.2 Å². The lowest BCUT2D eigenvalue weighted by Crippen LogP contribution is -2.39. The normalized spacial score (nSPS) is 16.4. The first-order chi connectivity index (χ1) is 15.6. The molecule has 0 radical (unpaired) electrons. The number of carbonyl (C=O) groups excluding carboxylic acids is 1. The van der Waals surface area contributed by atoms with Gasteiger partial charge in [-0.25, -0.2) is 0 Å². The maximum atomic E-state index is 12.7. The molecular weight excluding hydrogens is 412 g/mol. The lowest BCUT2D eigenvalue weighted by molar-refractivity contribution is -0.134. The number of fused-ring (bicyclic) bond motifs is 1. The van der Waals surface area contributed by atoms with Crippen LogP contribution in [0.25, 0.3) is 0 Å². The van der Waals surface area contributed by atoms with E-state index >= 15 is 0 Å². The standard InChI is InChI=1S/C24H30N2O6/c1-29-21-10-17-6-9-26(13-18(17)11-22(21)30-2)24(28)16-32-23-15-31-19(12-20(23)27)14-25-7-4-3-5-8-25/h10-12,15H,3-9,13-14,16H2,1-2H3. The van der Waals surface area contributed by atoms with Crippen LogP contribution < -0.4 is 19.6 Å². The summed E-state index contributed by atoms with van der Waals surface area (Å²) in [5.74, 6) is 1.82. The highest BCUT2D eigenvalue weighted by molar-refractivity contribution is 5.78. The summed E-state index contributed by atoms with van der Waals surface area (Å²) in [6.45, 7) is 3.49. The Morgan fingerprint density at radius 2 is 1.69 bits per heavy atom. The van der Waals surface area contributed by atoms with Crippen molar-refractivity contribution in [1.29, 1.82) is 0 Å². The van der Waals surface area contributed by atoms with Gasteiger partial charge in [-0.05, 0) is 55.6 Å². The van der Waals surface area contributed by atoms with Gasteiger partial charge < -0.3 is 23.5 Å². The predicted molar refractivity (Wildman–Crippen MR) is 118 cm³/mol.